The molecule has 2 atom stereocenters. The first-order chi connectivity index (χ1) is 18.9. The summed E-state index contributed by atoms with van der Waals surface area (Å²) in [5.41, 5.74) is -1.34. The van der Waals surface area contributed by atoms with Gasteiger partial charge in [0.05, 0.1) is 36.6 Å². The Labute approximate surface area is 232 Å². The van der Waals surface area contributed by atoms with E-state index in [1.54, 1.807) is 11.1 Å². The quantitative estimate of drug-likeness (QED) is 0.431. The summed E-state index contributed by atoms with van der Waals surface area (Å²) in [6.07, 6.45) is 0.451. The molecule has 0 spiro atoms. The molecule has 0 radical (unpaired) electrons. The lowest BCUT2D eigenvalue weighted by molar-refractivity contribution is -0.137. The second kappa shape index (κ2) is 12.7. The molecule has 2 heterocycles. The number of carbonyl (C=O) groups excluding carboxylic acids is 2. The molecule has 1 aliphatic heterocycles. The molecule has 3 N–H and O–H groups in total. The molecule has 0 bridgehead atoms. The Morgan fingerprint density at radius 3 is 2.55 bits per heavy atom. The van der Waals surface area contributed by atoms with Crippen molar-refractivity contribution in [3.05, 3.63) is 65.5 Å². The molecule has 2 unspecified atom stereocenters. The third-order valence-electron chi connectivity index (χ3n) is 7.63. The zero-order valence-corrected chi connectivity index (χ0v) is 22.8. The topological polar surface area (TPSA) is 104 Å². The van der Waals surface area contributed by atoms with Crippen molar-refractivity contribution in [2.45, 2.75) is 82.0 Å². The van der Waals surface area contributed by atoms with Crippen LogP contribution in [0.2, 0.25) is 0 Å². The number of amides is 2. The van der Waals surface area contributed by atoms with E-state index < -0.39 is 23.2 Å². The van der Waals surface area contributed by atoms with Crippen molar-refractivity contribution in [3.63, 3.8) is 0 Å². The Bertz CT molecular complexity index is 1150. The minimum atomic E-state index is -4.57. The lowest BCUT2D eigenvalue weighted by Crippen LogP contribution is -2.47. The number of benzene rings is 1. The van der Waals surface area contributed by atoms with Crippen molar-refractivity contribution in [3.8, 4) is 0 Å². The maximum absolute atomic E-state index is 13.2. The van der Waals surface area contributed by atoms with E-state index in [2.05, 4.69) is 15.6 Å². The van der Waals surface area contributed by atoms with Crippen LogP contribution in [0.5, 0.6) is 0 Å². The number of halogens is 3. The zero-order chi connectivity index (χ0) is 28.9. The average Bonchev–Trinajstić information content (AvgIpc) is 3.34. The Morgan fingerprint density at radius 1 is 1.15 bits per heavy atom. The van der Waals surface area contributed by atoms with Crippen LogP contribution in [-0.2, 0) is 21.3 Å². The van der Waals surface area contributed by atoms with Gasteiger partial charge in [-0.05, 0) is 76.3 Å². The Kier molecular flexibility index (Phi) is 9.48. The van der Waals surface area contributed by atoms with Crippen LogP contribution in [0.15, 0.2) is 48.7 Å². The van der Waals surface area contributed by atoms with Crippen molar-refractivity contribution in [2.24, 2.45) is 0 Å². The number of aromatic nitrogens is 1. The Morgan fingerprint density at radius 2 is 1.90 bits per heavy atom. The van der Waals surface area contributed by atoms with Gasteiger partial charge in [-0.1, -0.05) is 12.1 Å². The molecule has 40 heavy (non-hydrogen) atoms. The highest BCUT2D eigenvalue weighted by Crippen LogP contribution is 2.36. The number of hydrogen-bond donors (Lipinski definition) is 3. The highest BCUT2D eigenvalue weighted by molar-refractivity contribution is 5.96. The summed E-state index contributed by atoms with van der Waals surface area (Å²) >= 11 is 0. The molecule has 2 aromatic rings. The number of alkyl halides is 3. The van der Waals surface area contributed by atoms with Gasteiger partial charge in [0.25, 0.3) is 5.91 Å². The van der Waals surface area contributed by atoms with E-state index in [4.69, 9.17) is 4.74 Å². The lowest BCUT2D eigenvalue weighted by Gasteiger charge is -2.37. The van der Waals surface area contributed by atoms with Crippen LogP contribution in [0, 0.1) is 0 Å². The summed E-state index contributed by atoms with van der Waals surface area (Å²) in [5.74, 6) is -1.07. The van der Waals surface area contributed by atoms with E-state index in [1.165, 1.54) is 6.07 Å². The van der Waals surface area contributed by atoms with Crippen molar-refractivity contribution in [1.29, 1.82) is 0 Å². The standard InChI is InChI=1S/C29H37F3N4O4/c1-19(2)40-18-24-15-23(35-22-9-11-28(39,12-10-22)25-8-3-4-13-33-25)17-36(24)26(37)16-34-27(38)20-6-5-7-21(14-20)29(30,31)32/h3-8,13-14,19,22-24,35,39H,9-12,15-18H2,1-2H3,(H,34,38). The number of nitrogens with zero attached hydrogens (tertiary/aromatic N) is 2. The van der Waals surface area contributed by atoms with Crippen LogP contribution in [0.1, 0.15) is 67.6 Å². The SMILES string of the molecule is CC(C)OCC1CC(NC2CCC(O)(c3ccccn3)CC2)CN1C(=O)CNC(=O)c1cccc(C(F)(F)F)c1. The normalized spacial score (nSPS) is 25.3. The monoisotopic (exact) mass is 562 g/mol. The van der Waals surface area contributed by atoms with Gasteiger partial charge >= 0.3 is 6.18 Å². The van der Waals surface area contributed by atoms with Crippen LogP contribution in [0.25, 0.3) is 0 Å². The Hall–Kier alpha value is -3.02. The van der Waals surface area contributed by atoms with Crippen molar-refractivity contribution >= 4 is 11.8 Å². The number of pyridine rings is 1. The highest BCUT2D eigenvalue weighted by Gasteiger charge is 2.40. The molecule has 218 valence electrons. The van der Waals surface area contributed by atoms with Crippen molar-refractivity contribution in [1.82, 2.24) is 20.5 Å². The maximum atomic E-state index is 13.2. The molecular formula is C29H37F3N4O4. The maximum Gasteiger partial charge on any atom is 0.416 e. The fraction of sp³-hybridized carbons (Fsp3) is 0.552. The molecule has 1 saturated heterocycles. The molecule has 11 heteroatoms. The average molecular weight is 563 g/mol. The molecule has 2 amide bonds. The van der Waals surface area contributed by atoms with Gasteiger partial charge < -0.3 is 25.4 Å². The number of hydrogen-bond acceptors (Lipinski definition) is 6. The highest BCUT2D eigenvalue weighted by atomic mass is 19.4. The van der Waals surface area contributed by atoms with E-state index in [1.807, 2.05) is 32.0 Å². The van der Waals surface area contributed by atoms with E-state index in [9.17, 15) is 27.9 Å². The number of carbonyl (C=O) groups is 2. The van der Waals surface area contributed by atoms with Gasteiger partial charge in [0, 0.05) is 30.4 Å². The summed E-state index contributed by atoms with van der Waals surface area (Å²) in [6, 6.07) is 9.64. The smallest absolute Gasteiger partial charge is 0.384 e. The van der Waals surface area contributed by atoms with Gasteiger partial charge in [-0.2, -0.15) is 13.2 Å². The van der Waals surface area contributed by atoms with Crippen LogP contribution in [0.4, 0.5) is 13.2 Å². The minimum absolute atomic E-state index is 0.00919. The minimum Gasteiger partial charge on any atom is -0.384 e. The number of rotatable bonds is 9. The first-order valence-electron chi connectivity index (χ1n) is 13.7. The van der Waals surface area contributed by atoms with E-state index >= 15 is 0 Å². The van der Waals surface area contributed by atoms with Crippen molar-refractivity contribution in [2.75, 3.05) is 19.7 Å². The number of ether oxygens (including phenoxy) is 1. The van der Waals surface area contributed by atoms with Gasteiger partial charge in [-0.25, -0.2) is 0 Å². The van der Waals surface area contributed by atoms with Crippen LogP contribution in [-0.4, -0.2) is 70.7 Å². The second-order valence-electron chi connectivity index (χ2n) is 11.0. The molecule has 4 rings (SSSR count). The van der Waals surface area contributed by atoms with E-state index in [0.29, 0.717) is 38.1 Å². The summed E-state index contributed by atoms with van der Waals surface area (Å²) in [7, 11) is 0. The van der Waals surface area contributed by atoms with Crippen molar-refractivity contribution < 1.29 is 32.6 Å². The first-order valence-corrected chi connectivity index (χ1v) is 13.7. The molecule has 8 nitrogen and oxygen atoms in total. The predicted molar refractivity (Wildman–Crippen MR) is 142 cm³/mol. The molecule has 2 fully saturated rings. The third-order valence-corrected chi connectivity index (χ3v) is 7.63. The Balaban J connectivity index is 1.33. The van der Waals surface area contributed by atoms with Crippen LogP contribution >= 0.6 is 0 Å². The second-order valence-corrected chi connectivity index (χ2v) is 11.0. The van der Waals surface area contributed by atoms with E-state index in [-0.39, 0.29) is 42.2 Å². The third kappa shape index (κ3) is 7.58. The largest absolute Gasteiger partial charge is 0.416 e. The lowest BCUT2D eigenvalue weighted by atomic mass is 9.79. The van der Waals surface area contributed by atoms with Crippen LogP contribution < -0.4 is 10.6 Å². The summed E-state index contributed by atoms with van der Waals surface area (Å²) in [5, 5.41) is 17.2. The van der Waals surface area contributed by atoms with Gasteiger partial charge in [0.1, 0.15) is 5.60 Å². The molecule has 1 aromatic heterocycles. The fourth-order valence-corrected chi connectivity index (χ4v) is 5.49. The molecule has 1 aromatic carbocycles. The number of likely N-dealkylation sites (tertiary alicyclic amines) is 1. The zero-order valence-electron chi connectivity index (χ0n) is 22.8. The molecule has 1 aliphatic carbocycles. The fourth-order valence-electron chi connectivity index (χ4n) is 5.49. The summed E-state index contributed by atoms with van der Waals surface area (Å²) in [4.78, 5) is 31.7. The first kappa shape index (κ1) is 30.0. The van der Waals surface area contributed by atoms with Crippen LogP contribution in [0.3, 0.4) is 0 Å². The summed E-state index contributed by atoms with van der Waals surface area (Å²) < 4.78 is 44.9. The summed E-state index contributed by atoms with van der Waals surface area (Å²) in [6.45, 7) is 4.26. The number of aliphatic hydroxyl groups is 1. The van der Waals surface area contributed by atoms with E-state index in [0.717, 1.165) is 31.0 Å². The van der Waals surface area contributed by atoms with Gasteiger partial charge in [-0.15, -0.1) is 0 Å². The van der Waals surface area contributed by atoms with Gasteiger partial charge in [0.2, 0.25) is 5.91 Å². The molecule has 1 saturated carbocycles. The van der Waals surface area contributed by atoms with Gasteiger partial charge in [0.15, 0.2) is 0 Å². The molecule has 2 aliphatic rings. The number of nitrogens with one attached hydrogen (secondary N) is 2. The van der Waals surface area contributed by atoms with Gasteiger partial charge in [-0.3, -0.25) is 14.6 Å². The predicted octanol–water partition coefficient (Wildman–Crippen LogP) is 3.64. The molecular weight excluding hydrogens is 525 g/mol.